The summed E-state index contributed by atoms with van der Waals surface area (Å²) in [6, 6.07) is 18.3. The van der Waals surface area contributed by atoms with Gasteiger partial charge in [-0.2, -0.15) is 0 Å². The van der Waals surface area contributed by atoms with E-state index in [9.17, 15) is 24.0 Å². The van der Waals surface area contributed by atoms with Gasteiger partial charge in [-0.05, 0) is 100 Å². The quantitative estimate of drug-likeness (QED) is 0.0749. The molecule has 5 aromatic rings. The average Bonchev–Trinajstić information content (AvgIpc) is 3.80. The van der Waals surface area contributed by atoms with Gasteiger partial charge in [0.1, 0.15) is 11.8 Å². The first kappa shape index (κ1) is 45.1. The number of amides is 5. The van der Waals surface area contributed by atoms with Crippen LogP contribution in [-0.2, 0) is 21.4 Å². The highest BCUT2D eigenvalue weighted by atomic mass is 16.5. The average molecular weight is 908 g/mol. The minimum atomic E-state index is -0.987. The summed E-state index contributed by atoms with van der Waals surface area (Å²) in [5.41, 5.74) is 6.22. The van der Waals surface area contributed by atoms with Gasteiger partial charge in [-0.15, -0.1) is 0 Å². The third-order valence-corrected chi connectivity index (χ3v) is 13.5. The number of para-hydroxylation sites is 1. The summed E-state index contributed by atoms with van der Waals surface area (Å²) >= 11 is 0. The molecule has 0 spiro atoms. The summed E-state index contributed by atoms with van der Waals surface area (Å²) in [5.74, 6) is -0.794. The molecule has 4 aliphatic rings. The fraction of sp³-hybridized carbons (Fsp3) is 0.380. The second-order valence-electron chi connectivity index (χ2n) is 18.0. The number of likely N-dealkylation sites (N-methyl/N-ethyl adjacent to an activating group) is 1. The Morgan fingerprint density at radius 2 is 1.75 bits per heavy atom. The van der Waals surface area contributed by atoms with Crippen molar-refractivity contribution < 1.29 is 28.7 Å². The van der Waals surface area contributed by atoms with Crippen molar-refractivity contribution in [3.63, 3.8) is 0 Å². The number of fused-ring (bicyclic) bond motifs is 2. The highest BCUT2D eigenvalue weighted by molar-refractivity contribution is 6.23. The standard InChI is InChI=1S/C50H57N11O6/c1-5-45(62)53-39-26-40(55-50-51-19-16-38(54-50)37-30-58(3)41-11-7-6-10-34(37)41)44(67-4)27-43(39)57(2)23-24-59-21-17-31(18-22-59)28-60-20-8-9-33(29-60)52-32-12-13-35-36(25-32)49(66)61(48(35)65)42-14-15-46(63)56-47(42)64/h5-7,10-13,16,19,25-27,30-31,33,42,52H,1,8-9,14-15,17-18,20-24,28-29H2,2-4H3,(H,53,62)(H,51,54,55)(H,56,63,64)/t33-,42?/m0/s1. The van der Waals surface area contributed by atoms with E-state index in [1.54, 1.807) is 25.4 Å². The number of likely N-dealkylation sites (tertiary alicyclic amines) is 2. The second kappa shape index (κ2) is 19.4. The first-order chi connectivity index (χ1) is 32.5. The van der Waals surface area contributed by atoms with E-state index in [0.29, 0.717) is 29.0 Å². The summed E-state index contributed by atoms with van der Waals surface area (Å²) in [5, 5.41) is 13.3. The number of piperidine rings is 3. The van der Waals surface area contributed by atoms with Crippen molar-refractivity contribution in [2.45, 2.75) is 50.6 Å². The van der Waals surface area contributed by atoms with Crippen molar-refractivity contribution >= 4 is 69.1 Å². The first-order valence-corrected chi connectivity index (χ1v) is 23.0. The molecular formula is C50H57N11O6. The molecule has 1 unspecified atom stereocenters. The number of ether oxygens (including phenoxy) is 1. The Hall–Kier alpha value is -7.11. The predicted molar refractivity (Wildman–Crippen MR) is 258 cm³/mol. The number of benzene rings is 3. The summed E-state index contributed by atoms with van der Waals surface area (Å²) < 4.78 is 7.97. The molecule has 348 valence electrons. The lowest BCUT2D eigenvalue weighted by Crippen LogP contribution is -2.54. The normalized spacial score (nSPS) is 19.3. The molecular weight excluding hydrogens is 851 g/mol. The van der Waals surface area contributed by atoms with Crippen molar-refractivity contribution in [2.24, 2.45) is 13.0 Å². The van der Waals surface area contributed by atoms with Crippen LogP contribution in [0.3, 0.4) is 0 Å². The number of hydrogen-bond acceptors (Lipinski definition) is 13. The topological polar surface area (TPSA) is 186 Å². The minimum Gasteiger partial charge on any atom is -0.494 e. The molecule has 5 amide bonds. The molecule has 17 nitrogen and oxygen atoms in total. The summed E-state index contributed by atoms with van der Waals surface area (Å²) in [7, 11) is 5.66. The van der Waals surface area contributed by atoms with Crippen LogP contribution in [0.1, 0.15) is 59.2 Å². The van der Waals surface area contributed by atoms with Crippen LogP contribution in [0.5, 0.6) is 5.75 Å². The van der Waals surface area contributed by atoms with Crippen LogP contribution in [0.4, 0.5) is 28.7 Å². The molecule has 3 saturated heterocycles. The highest BCUT2D eigenvalue weighted by Crippen LogP contribution is 2.39. The van der Waals surface area contributed by atoms with Crippen LogP contribution in [0, 0.1) is 5.92 Å². The van der Waals surface area contributed by atoms with Gasteiger partial charge in [-0.1, -0.05) is 24.8 Å². The summed E-state index contributed by atoms with van der Waals surface area (Å²) in [4.78, 5) is 81.0. The van der Waals surface area contributed by atoms with Crippen molar-refractivity contribution in [2.75, 3.05) is 80.8 Å². The number of anilines is 5. The second-order valence-corrected chi connectivity index (χ2v) is 18.0. The molecule has 17 heteroatoms. The van der Waals surface area contributed by atoms with Gasteiger partial charge in [0.05, 0.1) is 41.0 Å². The predicted octanol–water partition coefficient (Wildman–Crippen LogP) is 5.64. The van der Waals surface area contributed by atoms with Gasteiger partial charge in [-0.3, -0.25) is 34.2 Å². The molecule has 0 saturated carbocycles. The molecule has 2 atom stereocenters. The zero-order valence-corrected chi connectivity index (χ0v) is 38.2. The SMILES string of the molecule is C=CC(=O)Nc1cc(Nc2nccc(-c3cn(C)c4ccccc34)n2)c(OC)cc1N(C)CCN1CCC(CN2CCC[C@H](Nc3ccc4c(c3)C(=O)N(C3CCC(=O)NC3=O)C4=O)C2)CC1. The number of nitrogens with one attached hydrogen (secondary N) is 4. The molecule has 0 aliphatic carbocycles. The molecule has 9 rings (SSSR count). The number of nitrogens with zero attached hydrogens (tertiary/aromatic N) is 7. The molecule has 4 N–H and O–H groups in total. The molecule has 6 heterocycles. The Kier molecular flexibility index (Phi) is 13.0. The van der Waals surface area contributed by atoms with Gasteiger partial charge >= 0.3 is 0 Å². The zero-order chi connectivity index (χ0) is 46.8. The van der Waals surface area contributed by atoms with Crippen LogP contribution >= 0.6 is 0 Å². The van der Waals surface area contributed by atoms with E-state index in [4.69, 9.17) is 9.72 Å². The number of aromatic nitrogens is 3. The van der Waals surface area contributed by atoms with E-state index in [1.165, 1.54) is 6.08 Å². The van der Waals surface area contributed by atoms with Crippen LogP contribution in [0.15, 0.2) is 85.7 Å². The number of methoxy groups -OCH3 is 1. The van der Waals surface area contributed by atoms with Gasteiger partial charge in [-0.25, -0.2) is 9.97 Å². The highest BCUT2D eigenvalue weighted by Gasteiger charge is 2.44. The van der Waals surface area contributed by atoms with Crippen LogP contribution < -0.4 is 30.9 Å². The fourth-order valence-electron chi connectivity index (χ4n) is 9.98. The van der Waals surface area contributed by atoms with Crippen molar-refractivity contribution in [1.82, 2.24) is 34.6 Å². The number of rotatable bonds is 15. The smallest absolute Gasteiger partial charge is 0.262 e. The number of carbonyl (C=O) groups excluding carboxylic acids is 5. The Morgan fingerprint density at radius 3 is 2.54 bits per heavy atom. The molecule has 3 fully saturated rings. The monoisotopic (exact) mass is 907 g/mol. The van der Waals surface area contributed by atoms with Crippen LogP contribution in [0.2, 0.25) is 0 Å². The first-order valence-electron chi connectivity index (χ1n) is 23.0. The van der Waals surface area contributed by atoms with E-state index >= 15 is 0 Å². The van der Waals surface area contributed by atoms with Crippen LogP contribution in [-0.4, -0.2) is 131 Å². The summed E-state index contributed by atoms with van der Waals surface area (Å²) in [6.07, 6.45) is 9.50. The summed E-state index contributed by atoms with van der Waals surface area (Å²) in [6.45, 7) is 10.2. The lowest BCUT2D eigenvalue weighted by Gasteiger charge is -2.39. The number of aryl methyl sites for hydroxylation is 1. The van der Waals surface area contributed by atoms with E-state index < -0.39 is 29.7 Å². The van der Waals surface area contributed by atoms with E-state index in [-0.39, 0.29) is 35.9 Å². The van der Waals surface area contributed by atoms with E-state index in [0.717, 1.165) is 110 Å². The van der Waals surface area contributed by atoms with Crippen molar-refractivity contribution in [3.8, 4) is 17.0 Å². The number of carbonyl (C=O) groups is 5. The third-order valence-electron chi connectivity index (χ3n) is 13.5. The van der Waals surface area contributed by atoms with Gasteiger partial charge in [0, 0.05) is 93.4 Å². The van der Waals surface area contributed by atoms with Gasteiger partial charge in [0.15, 0.2) is 0 Å². The lowest BCUT2D eigenvalue weighted by molar-refractivity contribution is -0.136. The maximum absolute atomic E-state index is 13.4. The Morgan fingerprint density at radius 1 is 0.940 bits per heavy atom. The lowest BCUT2D eigenvalue weighted by atomic mass is 9.94. The van der Waals surface area contributed by atoms with Crippen molar-refractivity contribution in [3.05, 3.63) is 96.8 Å². The van der Waals surface area contributed by atoms with Gasteiger partial charge in [0.25, 0.3) is 11.8 Å². The molecule has 2 aromatic heterocycles. The van der Waals surface area contributed by atoms with Crippen LogP contribution in [0.25, 0.3) is 22.2 Å². The fourth-order valence-corrected chi connectivity index (χ4v) is 9.98. The van der Waals surface area contributed by atoms with E-state index in [1.807, 2.05) is 50.5 Å². The Labute approximate surface area is 389 Å². The van der Waals surface area contributed by atoms with Gasteiger partial charge < -0.3 is 40.0 Å². The van der Waals surface area contributed by atoms with Crippen molar-refractivity contribution in [1.29, 1.82) is 0 Å². The largest absolute Gasteiger partial charge is 0.494 e. The Bertz CT molecular complexity index is 2750. The zero-order valence-electron chi connectivity index (χ0n) is 38.2. The maximum Gasteiger partial charge on any atom is 0.262 e. The molecule has 0 bridgehead atoms. The molecule has 67 heavy (non-hydrogen) atoms. The van der Waals surface area contributed by atoms with Gasteiger partial charge in [0.2, 0.25) is 23.7 Å². The molecule has 4 aliphatic heterocycles. The number of hydrogen-bond donors (Lipinski definition) is 4. The Balaban J connectivity index is 0.780. The molecule has 0 radical (unpaired) electrons. The third kappa shape index (κ3) is 9.60. The minimum absolute atomic E-state index is 0.0835. The van der Waals surface area contributed by atoms with E-state index in [2.05, 4.69) is 70.4 Å². The maximum atomic E-state index is 13.4. The number of imide groups is 2. The molecule has 3 aromatic carbocycles.